The summed E-state index contributed by atoms with van der Waals surface area (Å²) in [6, 6.07) is 0. The number of thiol groups is 1. The Labute approximate surface area is 47.5 Å². The van der Waals surface area contributed by atoms with E-state index in [1.165, 1.54) is 0 Å². The molecule has 0 unspecified atom stereocenters. The highest BCUT2D eigenvalue weighted by Gasteiger charge is 2.21. The second-order valence-electron chi connectivity index (χ2n) is 1.35. The lowest BCUT2D eigenvalue weighted by Crippen LogP contribution is -2.17. The average Bonchev–Trinajstić information content (AvgIpc) is 1.21. The number of rotatable bonds is 2. The minimum atomic E-state index is -3.32. The summed E-state index contributed by atoms with van der Waals surface area (Å²) in [5.41, 5.74) is 0. The van der Waals surface area contributed by atoms with E-state index in [0.29, 0.717) is 0 Å². The molecule has 0 N–H and O–H groups in total. The van der Waals surface area contributed by atoms with Crippen LogP contribution in [-0.4, -0.2) is 20.1 Å². The highest BCUT2D eigenvalue weighted by Crippen LogP contribution is 2.09. The molecule has 0 aromatic heterocycles. The van der Waals surface area contributed by atoms with Crippen molar-refractivity contribution in [3.8, 4) is 0 Å². The van der Waals surface area contributed by atoms with Crippen molar-refractivity contribution in [1.29, 1.82) is 0 Å². The summed E-state index contributed by atoms with van der Waals surface area (Å²) in [6.07, 6.45) is 0. The lowest BCUT2D eigenvalue weighted by atomic mass is 10.5. The number of alkyl halides is 2. The highest BCUT2D eigenvalue weighted by molar-refractivity contribution is 7.72. The Morgan fingerprint density at radius 2 is 1.88 bits per heavy atom. The molecule has 0 aliphatic carbocycles. The molecule has 8 heavy (non-hydrogen) atoms. The zero-order chi connectivity index (χ0) is 6.78. The van der Waals surface area contributed by atoms with E-state index < -0.39 is 22.4 Å². The predicted octanol–water partition coefficient (Wildman–Crippen LogP) is 0.0672. The van der Waals surface area contributed by atoms with E-state index in [1.54, 1.807) is 0 Å². The Kier molecular flexibility index (Phi) is 2.33. The van der Waals surface area contributed by atoms with Crippen LogP contribution in [0.3, 0.4) is 0 Å². The van der Waals surface area contributed by atoms with E-state index in [-0.39, 0.29) is 0 Å². The van der Waals surface area contributed by atoms with Crippen molar-refractivity contribution in [2.75, 3.05) is 5.75 Å². The van der Waals surface area contributed by atoms with Crippen LogP contribution in [0.2, 0.25) is 0 Å². The maximum atomic E-state index is 11.5. The molecule has 0 heterocycles. The fraction of sp³-hybridized carbons (Fsp3) is 0.667. The van der Waals surface area contributed by atoms with Gasteiger partial charge < -0.3 is 0 Å². The van der Waals surface area contributed by atoms with Crippen molar-refractivity contribution in [2.24, 2.45) is 0 Å². The lowest BCUT2D eigenvalue weighted by Gasteiger charge is -2.01. The lowest BCUT2D eigenvalue weighted by molar-refractivity contribution is 0.0784. The van der Waals surface area contributed by atoms with Gasteiger partial charge in [0.1, 0.15) is 16.5 Å². The minimum absolute atomic E-state index is 1.16. The molecule has 0 aromatic carbocycles. The van der Waals surface area contributed by atoms with Gasteiger partial charge in [0, 0.05) is 6.92 Å². The van der Waals surface area contributed by atoms with Gasteiger partial charge in [-0.25, -0.2) is 17.2 Å². The van der Waals surface area contributed by atoms with Gasteiger partial charge in [-0.15, -0.1) is 0 Å². The summed E-state index contributed by atoms with van der Waals surface area (Å²) >= 11 is 0. The van der Waals surface area contributed by atoms with Gasteiger partial charge >= 0.3 is 0 Å². The summed E-state index contributed by atoms with van der Waals surface area (Å²) in [4.78, 5) is 0. The van der Waals surface area contributed by atoms with Crippen LogP contribution in [0.15, 0.2) is 0 Å². The third-order valence-electron chi connectivity index (χ3n) is 0.360. The molecule has 0 rings (SSSR count). The van der Waals surface area contributed by atoms with Crippen molar-refractivity contribution < 1.29 is 17.2 Å². The molecule has 0 saturated carbocycles. The smallest absolute Gasteiger partial charge is 0.232 e. The van der Waals surface area contributed by atoms with Gasteiger partial charge in [0.25, 0.3) is 5.92 Å². The second kappa shape index (κ2) is 2.39. The molecule has 0 aromatic rings. The molecule has 1 radical (unpaired) electrons. The van der Waals surface area contributed by atoms with Crippen LogP contribution in [0.5, 0.6) is 0 Å². The topological polar surface area (TPSA) is 34.1 Å². The fourth-order valence-electron chi connectivity index (χ4n) is 0.189. The largest absolute Gasteiger partial charge is 0.261 e. The van der Waals surface area contributed by atoms with Crippen LogP contribution in [0, 0.1) is 6.92 Å². The Bertz CT molecular complexity index is 127. The van der Waals surface area contributed by atoms with Crippen LogP contribution in [-0.2, 0) is 10.7 Å². The zero-order valence-corrected chi connectivity index (χ0v) is 4.83. The SMILES string of the molecule is [CH2]C(F)(F)C[SH](=O)=O. The summed E-state index contributed by atoms with van der Waals surface area (Å²) in [5, 5.41) is 0. The van der Waals surface area contributed by atoms with Crippen LogP contribution in [0.1, 0.15) is 0 Å². The third-order valence-corrected chi connectivity index (χ3v) is 1.08. The number of halogens is 2. The summed E-state index contributed by atoms with van der Waals surface area (Å²) in [7, 11) is -3.00. The molecule has 0 aliphatic heterocycles. The van der Waals surface area contributed by atoms with Gasteiger partial charge in [0.05, 0.1) is 0 Å². The normalized spacial score (nSPS) is 12.5. The summed E-state index contributed by atoms with van der Waals surface area (Å²) < 4.78 is 42.0. The molecule has 5 heteroatoms. The van der Waals surface area contributed by atoms with Crippen LogP contribution >= 0.6 is 0 Å². The van der Waals surface area contributed by atoms with Crippen LogP contribution in [0.25, 0.3) is 0 Å². The van der Waals surface area contributed by atoms with E-state index >= 15 is 0 Å². The molecule has 0 fully saturated rings. The third kappa shape index (κ3) is 5.81. The average molecular weight is 143 g/mol. The Hall–Kier alpha value is -0.190. The fourth-order valence-corrected chi connectivity index (χ4v) is 0.567. The number of hydrogen-bond donors (Lipinski definition) is 1. The van der Waals surface area contributed by atoms with Crippen molar-refractivity contribution in [1.82, 2.24) is 0 Å². The molecule has 2 nitrogen and oxygen atoms in total. The summed E-state index contributed by atoms with van der Waals surface area (Å²) in [5.74, 6) is -4.49. The van der Waals surface area contributed by atoms with Gasteiger partial charge in [-0.3, -0.25) is 0 Å². The van der Waals surface area contributed by atoms with E-state index in [0.717, 1.165) is 0 Å². The second-order valence-corrected chi connectivity index (χ2v) is 2.33. The van der Waals surface area contributed by atoms with E-state index in [9.17, 15) is 17.2 Å². The first kappa shape index (κ1) is 7.81. The van der Waals surface area contributed by atoms with Crippen LogP contribution < -0.4 is 0 Å². The van der Waals surface area contributed by atoms with Crippen molar-refractivity contribution >= 4 is 10.7 Å². The highest BCUT2D eigenvalue weighted by atomic mass is 32.2. The molecule has 0 spiro atoms. The number of hydrogen-bond acceptors (Lipinski definition) is 2. The van der Waals surface area contributed by atoms with Gasteiger partial charge in [0.15, 0.2) is 0 Å². The molecule has 0 bridgehead atoms. The maximum absolute atomic E-state index is 11.5. The first-order valence-corrected chi connectivity index (χ1v) is 3.13. The van der Waals surface area contributed by atoms with Gasteiger partial charge in [-0.05, 0) is 0 Å². The molecule has 0 aliphatic rings. The molecule has 49 valence electrons. The first-order valence-electron chi connectivity index (χ1n) is 1.77. The van der Waals surface area contributed by atoms with Gasteiger partial charge in [0.2, 0.25) is 0 Å². The van der Waals surface area contributed by atoms with Crippen LogP contribution in [0.4, 0.5) is 8.78 Å². The van der Waals surface area contributed by atoms with Crippen molar-refractivity contribution in [3.63, 3.8) is 0 Å². The quantitative estimate of drug-likeness (QED) is 0.555. The van der Waals surface area contributed by atoms with Crippen molar-refractivity contribution in [3.05, 3.63) is 6.92 Å². The molecular formula is C3H5F2O2S. The van der Waals surface area contributed by atoms with E-state index in [1.807, 2.05) is 0 Å². The van der Waals surface area contributed by atoms with Gasteiger partial charge in [-0.1, -0.05) is 0 Å². The predicted molar refractivity (Wildman–Crippen MR) is 25.5 cm³/mol. The minimum Gasteiger partial charge on any atom is -0.232 e. The van der Waals surface area contributed by atoms with E-state index in [2.05, 4.69) is 6.92 Å². The van der Waals surface area contributed by atoms with E-state index in [4.69, 9.17) is 0 Å². The maximum Gasteiger partial charge on any atom is 0.261 e. The van der Waals surface area contributed by atoms with Crippen molar-refractivity contribution in [2.45, 2.75) is 5.92 Å². The zero-order valence-electron chi connectivity index (χ0n) is 3.93. The first-order chi connectivity index (χ1) is 3.42. The summed E-state index contributed by atoms with van der Waals surface area (Å²) in [6.45, 7) is 2.29. The standard InChI is InChI=1S/C3H5F2O2S/c1-3(4,5)2-8(6)7/h8H,1-2H2. The molecule has 0 amide bonds. The van der Waals surface area contributed by atoms with Gasteiger partial charge in [-0.2, -0.15) is 0 Å². The Balaban J connectivity index is 3.73. The Morgan fingerprint density at radius 3 is 1.88 bits per heavy atom. The Morgan fingerprint density at radius 1 is 1.50 bits per heavy atom. The monoisotopic (exact) mass is 143 g/mol. The molecule has 0 saturated heterocycles. The molecular weight excluding hydrogens is 138 g/mol. The molecule has 0 atom stereocenters.